The van der Waals surface area contributed by atoms with Crippen LogP contribution in [0, 0.1) is 0 Å². The van der Waals surface area contributed by atoms with Gasteiger partial charge in [0.1, 0.15) is 4.95 Å². The van der Waals surface area contributed by atoms with Crippen molar-refractivity contribution in [3.63, 3.8) is 0 Å². The average Bonchev–Trinajstić information content (AvgIpc) is 2.52. The summed E-state index contributed by atoms with van der Waals surface area (Å²) in [5.74, 6) is 0.722. The topological polar surface area (TPSA) is 17.8 Å². The molecule has 1 aromatic rings. The van der Waals surface area contributed by atoms with Gasteiger partial charge in [-0.1, -0.05) is 27.5 Å². The zero-order valence-electron chi connectivity index (χ0n) is 7.09. The first kappa shape index (κ1) is 11.3. The van der Waals surface area contributed by atoms with Gasteiger partial charge in [0.25, 0.3) is 0 Å². The summed E-state index contributed by atoms with van der Waals surface area (Å²) in [5.41, 5.74) is 0. The quantitative estimate of drug-likeness (QED) is 0.594. The van der Waals surface area contributed by atoms with E-state index in [0.717, 1.165) is 25.1 Å². The van der Waals surface area contributed by atoms with Crippen molar-refractivity contribution in [1.82, 2.24) is 9.78 Å². The SMILES string of the molecule is ClCCCCC(Br)n1cc(Cl)cn1. The Bertz CT molecular complexity index is 252. The highest BCUT2D eigenvalue weighted by molar-refractivity contribution is 9.09. The first-order valence-electron chi connectivity index (χ1n) is 4.13. The van der Waals surface area contributed by atoms with Crippen LogP contribution in [0.1, 0.15) is 24.2 Å². The molecule has 0 saturated carbocycles. The first-order chi connectivity index (χ1) is 6.24. The molecule has 0 aromatic carbocycles. The number of aromatic nitrogens is 2. The Hall–Kier alpha value is 0.270. The molecular formula is C8H11BrCl2N2. The lowest BCUT2D eigenvalue weighted by Gasteiger charge is -2.08. The van der Waals surface area contributed by atoms with Crippen molar-refractivity contribution in [3.05, 3.63) is 17.4 Å². The Kier molecular flexibility index (Phi) is 5.14. The normalized spacial score (nSPS) is 13.2. The molecule has 2 nitrogen and oxygen atoms in total. The second kappa shape index (κ2) is 5.89. The van der Waals surface area contributed by atoms with Crippen LogP contribution in [-0.4, -0.2) is 15.7 Å². The van der Waals surface area contributed by atoms with E-state index in [2.05, 4.69) is 21.0 Å². The molecule has 74 valence electrons. The van der Waals surface area contributed by atoms with E-state index >= 15 is 0 Å². The summed E-state index contributed by atoms with van der Waals surface area (Å²) in [6, 6.07) is 0. The van der Waals surface area contributed by atoms with Crippen LogP contribution < -0.4 is 0 Å². The van der Waals surface area contributed by atoms with Gasteiger partial charge in [0.15, 0.2) is 0 Å². The molecule has 5 heteroatoms. The summed E-state index contributed by atoms with van der Waals surface area (Å²) in [5, 5.41) is 4.77. The van der Waals surface area contributed by atoms with Gasteiger partial charge in [-0.3, -0.25) is 4.68 Å². The van der Waals surface area contributed by atoms with Gasteiger partial charge < -0.3 is 0 Å². The van der Waals surface area contributed by atoms with E-state index in [4.69, 9.17) is 23.2 Å². The van der Waals surface area contributed by atoms with Gasteiger partial charge in [0, 0.05) is 12.1 Å². The van der Waals surface area contributed by atoms with Crippen molar-refractivity contribution < 1.29 is 0 Å². The summed E-state index contributed by atoms with van der Waals surface area (Å²) in [6.45, 7) is 0. The van der Waals surface area contributed by atoms with E-state index in [1.54, 1.807) is 6.20 Å². The molecule has 1 aromatic heterocycles. The first-order valence-corrected chi connectivity index (χ1v) is 5.96. The minimum Gasteiger partial charge on any atom is -0.258 e. The molecule has 0 saturated heterocycles. The van der Waals surface area contributed by atoms with Crippen LogP contribution in [0.15, 0.2) is 12.4 Å². The lowest BCUT2D eigenvalue weighted by Crippen LogP contribution is -2.02. The Morgan fingerprint density at radius 3 is 2.85 bits per heavy atom. The Morgan fingerprint density at radius 2 is 2.31 bits per heavy atom. The molecular weight excluding hydrogens is 275 g/mol. The highest BCUT2D eigenvalue weighted by Crippen LogP contribution is 2.22. The molecule has 13 heavy (non-hydrogen) atoms. The standard InChI is InChI=1S/C8H11BrCl2N2/c9-8(3-1-2-4-10)13-6-7(11)5-12-13/h5-6,8H,1-4H2. The predicted molar refractivity (Wildman–Crippen MR) is 59.8 cm³/mol. The molecule has 0 aliphatic carbocycles. The van der Waals surface area contributed by atoms with E-state index in [1.165, 1.54) is 0 Å². The molecule has 1 unspecified atom stereocenters. The third-order valence-corrected chi connectivity index (χ3v) is 3.02. The maximum atomic E-state index is 5.74. The van der Waals surface area contributed by atoms with Gasteiger partial charge in [0.05, 0.1) is 11.2 Å². The van der Waals surface area contributed by atoms with Crippen molar-refractivity contribution in [3.8, 4) is 0 Å². The second-order valence-electron chi connectivity index (χ2n) is 2.76. The number of hydrogen-bond acceptors (Lipinski definition) is 1. The maximum absolute atomic E-state index is 5.74. The molecule has 1 heterocycles. The van der Waals surface area contributed by atoms with Gasteiger partial charge in [-0.05, 0) is 19.3 Å². The van der Waals surface area contributed by atoms with E-state index in [9.17, 15) is 0 Å². The number of alkyl halides is 2. The zero-order valence-corrected chi connectivity index (χ0v) is 10.2. The summed E-state index contributed by atoms with van der Waals surface area (Å²) >= 11 is 14.8. The number of halogens is 3. The van der Waals surface area contributed by atoms with E-state index in [0.29, 0.717) is 5.02 Å². The largest absolute Gasteiger partial charge is 0.258 e. The van der Waals surface area contributed by atoms with Crippen molar-refractivity contribution in [2.45, 2.75) is 24.2 Å². The van der Waals surface area contributed by atoms with Crippen molar-refractivity contribution in [2.24, 2.45) is 0 Å². The number of unbranched alkanes of at least 4 members (excludes halogenated alkanes) is 1. The summed E-state index contributed by atoms with van der Waals surface area (Å²) < 4.78 is 1.82. The van der Waals surface area contributed by atoms with Gasteiger partial charge >= 0.3 is 0 Å². The van der Waals surface area contributed by atoms with Crippen LogP contribution in [0.5, 0.6) is 0 Å². The molecule has 1 rings (SSSR count). The highest BCUT2D eigenvalue weighted by atomic mass is 79.9. The Morgan fingerprint density at radius 1 is 1.54 bits per heavy atom. The smallest absolute Gasteiger partial charge is 0.107 e. The molecule has 0 fully saturated rings. The van der Waals surface area contributed by atoms with Gasteiger partial charge in [-0.15, -0.1) is 11.6 Å². The Labute approximate surface area is 96.3 Å². The summed E-state index contributed by atoms with van der Waals surface area (Å²) in [4.78, 5) is 0.225. The second-order valence-corrected chi connectivity index (χ2v) is 4.63. The third-order valence-electron chi connectivity index (χ3n) is 1.68. The fourth-order valence-electron chi connectivity index (χ4n) is 1.01. The van der Waals surface area contributed by atoms with Gasteiger partial charge in [-0.25, -0.2) is 0 Å². The predicted octanol–water partition coefficient (Wildman–Crippen LogP) is 3.84. The zero-order chi connectivity index (χ0) is 9.68. The van der Waals surface area contributed by atoms with E-state index in [1.807, 2.05) is 10.9 Å². The molecule has 1 atom stereocenters. The van der Waals surface area contributed by atoms with E-state index < -0.39 is 0 Å². The molecule has 0 amide bonds. The van der Waals surface area contributed by atoms with Crippen LogP contribution >= 0.6 is 39.1 Å². The fourth-order valence-corrected chi connectivity index (χ4v) is 1.89. The minimum absolute atomic E-state index is 0.225. The lowest BCUT2D eigenvalue weighted by molar-refractivity contribution is 0.548. The number of hydrogen-bond donors (Lipinski definition) is 0. The average molecular weight is 286 g/mol. The minimum atomic E-state index is 0.225. The molecule has 0 aliphatic heterocycles. The number of nitrogens with zero attached hydrogens (tertiary/aromatic N) is 2. The third kappa shape index (κ3) is 3.88. The monoisotopic (exact) mass is 284 g/mol. The van der Waals surface area contributed by atoms with Gasteiger partial charge in [-0.2, -0.15) is 5.10 Å². The fraction of sp³-hybridized carbons (Fsp3) is 0.625. The molecule has 0 spiro atoms. The summed E-state index contributed by atoms with van der Waals surface area (Å²) in [6.07, 6.45) is 6.60. The number of rotatable bonds is 5. The molecule has 0 aliphatic rings. The van der Waals surface area contributed by atoms with Crippen LogP contribution in [0.25, 0.3) is 0 Å². The van der Waals surface area contributed by atoms with E-state index in [-0.39, 0.29) is 4.95 Å². The van der Waals surface area contributed by atoms with Crippen molar-refractivity contribution in [2.75, 3.05) is 5.88 Å². The molecule has 0 radical (unpaired) electrons. The Balaban J connectivity index is 2.35. The van der Waals surface area contributed by atoms with Crippen molar-refractivity contribution >= 4 is 39.1 Å². The lowest BCUT2D eigenvalue weighted by atomic mass is 10.2. The molecule has 0 bridgehead atoms. The van der Waals surface area contributed by atoms with Crippen LogP contribution in [-0.2, 0) is 0 Å². The molecule has 0 N–H and O–H groups in total. The summed E-state index contributed by atoms with van der Waals surface area (Å²) in [7, 11) is 0. The van der Waals surface area contributed by atoms with Gasteiger partial charge in [0.2, 0.25) is 0 Å². The van der Waals surface area contributed by atoms with Crippen LogP contribution in [0.2, 0.25) is 5.02 Å². The van der Waals surface area contributed by atoms with Crippen molar-refractivity contribution in [1.29, 1.82) is 0 Å². The van der Waals surface area contributed by atoms with Crippen LogP contribution in [0.3, 0.4) is 0 Å². The highest BCUT2D eigenvalue weighted by Gasteiger charge is 2.06. The maximum Gasteiger partial charge on any atom is 0.107 e. The van der Waals surface area contributed by atoms with Crippen LogP contribution in [0.4, 0.5) is 0 Å².